The summed E-state index contributed by atoms with van der Waals surface area (Å²) < 4.78 is 0.653. The minimum atomic E-state index is -0.503. The summed E-state index contributed by atoms with van der Waals surface area (Å²) in [5, 5.41) is 16.8. The largest absolute Gasteiger partial charge is 0.333 e. The Balaban J connectivity index is 1.78. The minimum absolute atomic E-state index is 0.0948. The molecule has 9 heteroatoms. The van der Waals surface area contributed by atoms with Crippen molar-refractivity contribution in [1.29, 1.82) is 0 Å². The number of hydrogen-bond acceptors (Lipinski definition) is 7. The van der Waals surface area contributed by atoms with Gasteiger partial charge in [0.05, 0.1) is 5.75 Å². The number of carbonyl (C=O) groups excluding carboxylic acids is 2. The monoisotopic (exact) mass is 365 g/mol. The number of benzene rings is 1. The SMILES string of the molecule is CC(C)(C)NC(=O)NC(=O)CSc1nnc(Nc2ccccc2)s1. The first-order chi connectivity index (χ1) is 11.3. The van der Waals surface area contributed by atoms with E-state index in [0.29, 0.717) is 9.47 Å². The van der Waals surface area contributed by atoms with Crippen LogP contribution in [-0.4, -0.2) is 33.4 Å². The van der Waals surface area contributed by atoms with Gasteiger partial charge in [-0.05, 0) is 32.9 Å². The predicted octanol–water partition coefficient (Wildman–Crippen LogP) is 3.00. The molecule has 1 aromatic carbocycles. The molecule has 0 aliphatic rings. The molecule has 1 aromatic heterocycles. The Morgan fingerprint density at radius 1 is 1.17 bits per heavy atom. The highest BCUT2D eigenvalue weighted by Crippen LogP contribution is 2.27. The summed E-state index contributed by atoms with van der Waals surface area (Å²) in [6, 6.07) is 9.13. The number of hydrogen-bond donors (Lipinski definition) is 3. The second-order valence-electron chi connectivity index (χ2n) is 5.91. The topological polar surface area (TPSA) is 96.0 Å². The van der Waals surface area contributed by atoms with Crippen molar-refractivity contribution < 1.29 is 9.59 Å². The molecule has 2 rings (SSSR count). The minimum Gasteiger partial charge on any atom is -0.333 e. The predicted molar refractivity (Wildman–Crippen MR) is 96.8 cm³/mol. The van der Waals surface area contributed by atoms with E-state index in [1.165, 1.54) is 23.1 Å². The zero-order valence-corrected chi connectivity index (χ0v) is 15.3. The first-order valence-electron chi connectivity index (χ1n) is 7.22. The average Bonchev–Trinajstić information content (AvgIpc) is 2.91. The highest BCUT2D eigenvalue weighted by Gasteiger charge is 2.16. The van der Waals surface area contributed by atoms with Gasteiger partial charge in [-0.3, -0.25) is 10.1 Å². The van der Waals surface area contributed by atoms with Crippen molar-refractivity contribution in [3.8, 4) is 0 Å². The number of nitrogens with one attached hydrogen (secondary N) is 3. The molecule has 1 heterocycles. The summed E-state index contributed by atoms with van der Waals surface area (Å²) in [7, 11) is 0. The van der Waals surface area contributed by atoms with E-state index in [0.717, 1.165) is 5.69 Å². The molecular weight excluding hydrogens is 346 g/mol. The Labute approximate surface area is 148 Å². The third-order valence-corrected chi connectivity index (χ3v) is 4.47. The van der Waals surface area contributed by atoms with E-state index in [2.05, 4.69) is 26.1 Å². The third-order valence-electron chi connectivity index (χ3n) is 2.50. The molecule has 0 atom stereocenters. The number of aromatic nitrogens is 2. The van der Waals surface area contributed by atoms with Crippen LogP contribution in [0.5, 0.6) is 0 Å². The molecule has 3 N–H and O–H groups in total. The summed E-state index contributed by atoms with van der Waals surface area (Å²) >= 11 is 2.58. The molecule has 0 unspecified atom stereocenters. The fourth-order valence-corrected chi connectivity index (χ4v) is 3.20. The van der Waals surface area contributed by atoms with Crippen LogP contribution in [0.15, 0.2) is 34.7 Å². The third kappa shape index (κ3) is 6.55. The van der Waals surface area contributed by atoms with Crippen molar-refractivity contribution in [2.24, 2.45) is 0 Å². The van der Waals surface area contributed by atoms with Gasteiger partial charge in [-0.2, -0.15) is 0 Å². The molecule has 3 amide bonds. The normalized spacial score (nSPS) is 11.0. The van der Waals surface area contributed by atoms with Crippen LogP contribution >= 0.6 is 23.1 Å². The van der Waals surface area contributed by atoms with E-state index in [9.17, 15) is 9.59 Å². The number of carbonyl (C=O) groups is 2. The first kappa shape index (κ1) is 18.2. The molecule has 0 fully saturated rings. The summed E-state index contributed by atoms with van der Waals surface area (Å²) in [6.07, 6.45) is 0. The van der Waals surface area contributed by atoms with Crippen LogP contribution in [-0.2, 0) is 4.79 Å². The molecule has 0 bridgehead atoms. The van der Waals surface area contributed by atoms with Gasteiger partial charge in [0.25, 0.3) is 0 Å². The van der Waals surface area contributed by atoms with Gasteiger partial charge in [0, 0.05) is 11.2 Å². The molecule has 7 nitrogen and oxygen atoms in total. The maximum Gasteiger partial charge on any atom is 0.321 e. The first-order valence-corrected chi connectivity index (χ1v) is 9.02. The molecule has 0 aliphatic carbocycles. The van der Waals surface area contributed by atoms with E-state index in [1.54, 1.807) is 0 Å². The smallest absolute Gasteiger partial charge is 0.321 e. The number of para-hydroxylation sites is 1. The number of urea groups is 1. The van der Waals surface area contributed by atoms with Gasteiger partial charge in [-0.1, -0.05) is 41.3 Å². The Bertz CT molecular complexity index is 697. The van der Waals surface area contributed by atoms with Gasteiger partial charge in [-0.15, -0.1) is 10.2 Å². The number of nitrogens with zero attached hydrogens (tertiary/aromatic N) is 2. The summed E-state index contributed by atoms with van der Waals surface area (Å²) in [5.74, 6) is -0.285. The van der Waals surface area contributed by atoms with Crippen molar-refractivity contribution in [2.45, 2.75) is 30.6 Å². The molecule has 0 aliphatic heterocycles. The lowest BCUT2D eigenvalue weighted by Gasteiger charge is -2.20. The average molecular weight is 365 g/mol. The highest BCUT2D eigenvalue weighted by molar-refractivity contribution is 8.01. The van der Waals surface area contributed by atoms with Gasteiger partial charge < -0.3 is 10.6 Å². The Morgan fingerprint density at radius 2 is 1.88 bits per heavy atom. The van der Waals surface area contributed by atoms with E-state index in [-0.39, 0.29) is 11.7 Å². The van der Waals surface area contributed by atoms with E-state index >= 15 is 0 Å². The van der Waals surface area contributed by atoms with Crippen LogP contribution in [0.3, 0.4) is 0 Å². The standard InChI is InChI=1S/C15H19N5O2S2/c1-15(2,3)18-12(22)17-11(21)9-23-14-20-19-13(24-14)16-10-7-5-4-6-8-10/h4-8H,9H2,1-3H3,(H,16,19)(H2,17,18,21,22). The molecule has 0 radical (unpaired) electrons. The van der Waals surface area contributed by atoms with Crippen molar-refractivity contribution in [2.75, 3.05) is 11.1 Å². The van der Waals surface area contributed by atoms with Crippen molar-refractivity contribution in [1.82, 2.24) is 20.8 Å². The summed E-state index contributed by atoms with van der Waals surface area (Å²) in [6.45, 7) is 5.52. The molecule has 128 valence electrons. The van der Waals surface area contributed by atoms with E-state index < -0.39 is 11.6 Å². The second kappa shape index (κ2) is 8.11. The molecular formula is C15H19N5O2S2. The van der Waals surface area contributed by atoms with Crippen LogP contribution in [0.2, 0.25) is 0 Å². The van der Waals surface area contributed by atoms with Crippen LogP contribution in [0.25, 0.3) is 0 Å². The van der Waals surface area contributed by atoms with Crippen molar-refractivity contribution >= 4 is 45.9 Å². The van der Waals surface area contributed by atoms with Crippen LogP contribution in [0, 0.1) is 0 Å². The number of anilines is 2. The van der Waals surface area contributed by atoms with E-state index in [4.69, 9.17) is 0 Å². The quantitative estimate of drug-likeness (QED) is 0.705. The lowest BCUT2D eigenvalue weighted by Crippen LogP contribution is -2.48. The van der Waals surface area contributed by atoms with Crippen LogP contribution in [0.4, 0.5) is 15.6 Å². The van der Waals surface area contributed by atoms with Crippen LogP contribution < -0.4 is 16.0 Å². The molecule has 24 heavy (non-hydrogen) atoms. The Morgan fingerprint density at radius 3 is 2.54 bits per heavy atom. The lowest BCUT2D eigenvalue weighted by atomic mass is 10.1. The zero-order valence-electron chi connectivity index (χ0n) is 13.6. The van der Waals surface area contributed by atoms with Crippen molar-refractivity contribution in [3.05, 3.63) is 30.3 Å². The maximum absolute atomic E-state index is 11.8. The van der Waals surface area contributed by atoms with Gasteiger partial charge in [-0.25, -0.2) is 4.79 Å². The Kier molecular flexibility index (Phi) is 6.16. The van der Waals surface area contributed by atoms with Gasteiger partial charge in [0.1, 0.15) is 0 Å². The summed E-state index contributed by atoms with van der Waals surface area (Å²) in [5.41, 5.74) is 0.524. The second-order valence-corrected chi connectivity index (χ2v) is 8.11. The zero-order chi connectivity index (χ0) is 17.6. The number of rotatable bonds is 5. The molecule has 2 aromatic rings. The highest BCUT2D eigenvalue weighted by atomic mass is 32.2. The number of amides is 3. The van der Waals surface area contributed by atoms with Gasteiger partial charge >= 0.3 is 6.03 Å². The van der Waals surface area contributed by atoms with E-state index in [1.807, 2.05) is 51.1 Å². The Hall–Kier alpha value is -2.13. The fourth-order valence-electron chi connectivity index (χ4n) is 1.63. The molecule has 0 spiro atoms. The molecule has 0 saturated heterocycles. The van der Waals surface area contributed by atoms with Gasteiger partial charge in [0.15, 0.2) is 4.34 Å². The van der Waals surface area contributed by atoms with Gasteiger partial charge in [0.2, 0.25) is 11.0 Å². The maximum atomic E-state index is 11.8. The number of imide groups is 1. The number of thioether (sulfide) groups is 1. The summed E-state index contributed by atoms with van der Waals surface area (Å²) in [4.78, 5) is 23.4. The molecule has 0 saturated carbocycles. The fraction of sp³-hybridized carbons (Fsp3) is 0.333. The lowest BCUT2D eigenvalue weighted by molar-refractivity contribution is -0.117. The van der Waals surface area contributed by atoms with Crippen molar-refractivity contribution in [3.63, 3.8) is 0 Å². The van der Waals surface area contributed by atoms with Crippen LogP contribution in [0.1, 0.15) is 20.8 Å².